The molecular weight excluding hydrogens is 341 g/mol. The van der Waals surface area contributed by atoms with Crippen molar-refractivity contribution in [2.75, 3.05) is 26.2 Å². The van der Waals surface area contributed by atoms with Crippen molar-refractivity contribution >= 4 is 117 Å². The van der Waals surface area contributed by atoms with Crippen molar-refractivity contribution in [2.45, 2.75) is 0 Å². The molecule has 0 spiro atoms. The van der Waals surface area contributed by atoms with Gasteiger partial charge in [-0.2, -0.15) is 0 Å². The minimum atomic E-state index is 0. The Balaban J connectivity index is 0. The van der Waals surface area contributed by atoms with Crippen LogP contribution in [-0.2, 0) is 0 Å². The van der Waals surface area contributed by atoms with Crippen LogP contribution in [0.1, 0.15) is 0 Å². The number of nitrogens with zero attached hydrogens (tertiary/aromatic N) is 1. The van der Waals surface area contributed by atoms with Crippen LogP contribution in [0.3, 0.4) is 0 Å². The molecule has 93 valence electrons. The van der Waals surface area contributed by atoms with Crippen LogP contribution < -0.4 is 10.6 Å². The smallest absolute Gasteiger partial charge is 0.133 e. The van der Waals surface area contributed by atoms with E-state index in [1.165, 1.54) is 0 Å². The second-order valence-corrected chi connectivity index (χ2v) is 6.16. The molecule has 0 saturated carbocycles. The summed E-state index contributed by atoms with van der Waals surface area (Å²) in [5.41, 5.74) is 0. The molecule has 3 nitrogen and oxygen atoms in total. The van der Waals surface area contributed by atoms with Crippen molar-refractivity contribution in [3.8, 4) is 0 Å². The zero-order chi connectivity index (χ0) is 12.6. The normalized spacial score (nSPS) is 8.88. The Morgan fingerprint density at radius 2 is 1.24 bits per heavy atom. The van der Waals surface area contributed by atoms with Crippen LogP contribution in [0.5, 0.6) is 0 Å². The third-order valence-electron chi connectivity index (χ3n) is 1.59. The summed E-state index contributed by atoms with van der Waals surface area (Å²) in [5, 5.41) is 5.86. The average Bonchev–Trinajstić information content (AvgIpc) is 2.14. The van der Waals surface area contributed by atoms with E-state index >= 15 is 0 Å². The molecule has 0 saturated heterocycles. The summed E-state index contributed by atoms with van der Waals surface area (Å²) in [6.07, 6.45) is 0. The van der Waals surface area contributed by atoms with Gasteiger partial charge in [0.05, 0.1) is 0 Å². The van der Waals surface area contributed by atoms with Gasteiger partial charge in [0.2, 0.25) is 0 Å². The van der Waals surface area contributed by atoms with E-state index in [2.05, 4.69) is 48.5 Å². The molecule has 0 aliphatic carbocycles. The van der Waals surface area contributed by atoms with Crippen LogP contribution in [-0.4, -0.2) is 73.6 Å². The molecule has 0 atom stereocenters. The molecule has 0 aromatic rings. The number of nitrogens with one attached hydrogen (secondary N) is 2. The molecule has 0 aromatic heterocycles. The monoisotopic (exact) mass is 354 g/mol. The molecule has 0 amide bonds. The maximum absolute atomic E-state index is 5.01. The Morgan fingerprint density at radius 3 is 1.47 bits per heavy atom. The zero-order valence-corrected chi connectivity index (χ0v) is 16.5. The van der Waals surface area contributed by atoms with Gasteiger partial charge in [0, 0.05) is 55.7 Å². The summed E-state index contributed by atoms with van der Waals surface area (Å²) in [6.45, 7) is 2.77. The van der Waals surface area contributed by atoms with Gasteiger partial charge in [0.1, 0.15) is 13.0 Å². The molecule has 0 aliphatic rings. The summed E-state index contributed by atoms with van der Waals surface area (Å²) >= 11 is 26.6. The Bertz CT molecular complexity index is 254. The quantitative estimate of drug-likeness (QED) is 0.274. The fourth-order valence-electron chi connectivity index (χ4n) is 0.899. The van der Waals surface area contributed by atoms with Crippen molar-refractivity contribution in [3.63, 3.8) is 0 Å². The van der Waals surface area contributed by atoms with Gasteiger partial charge in [0.25, 0.3) is 0 Å². The molecule has 2 N–H and O–H groups in total. The van der Waals surface area contributed by atoms with Crippen LogP contribution in [0.2, 0.25) is 0 Å². The van der Waals surface area contributed by atoms with E-state index in [9.17, 15) is 0 Å². The number of rotatable bonds is 6. The Kier molecular flexibility index (Phi) is 15.8. The summed E-state index contributed by atoms with van der Waals surface area (Å²) in [5.74, 6) is 0. The van der Waals surface area contributed by atoms with Crippen LogP contribution >= 0.6 is 74.5 Å². The van der Waals surface area contributed by atoms with Crippen molar-refractivity contribution in [3.05, 3.63) is 0 Å². The first kappa shape index (κ1) is 21.0. The molecule has 0 heterocycles. The van der Waals surface area contributed by atoms with Gasteiger partial charge in [-0.3, -0.25) is 0 Å². The molecular formula is C7H13N3NaS6. The topological polar surface area (TPSA) is 27.3 Å². The van der Waals surface area contributed by atoms with E-state index in [1.807, 2.05) is 4.90 Å². The Hall–Kier alpha value is 1.72. The molecule has 0 unspecified atom stereocenters. The molecule has 1 radical (unpaired) electrons. The van der Waals surface area contributed by atoms with Crippen molar-refractivity contribution in [2.24, 2.45) is 0 Å². The van der Waals surface area contributed by atoms with Crippen LogP contribution in [0.4, 0.5) is 0 Å². The minimum absolute atomic E-state index is 0. The van der Waals surface area contributed by atoms with Gasteiger partial charge in [-0.25, -0.2) is 0 Å². The van der Waals surface area contributed by atoms with Gasteiger partial charge in [-0.15, -0.1) is 37.9 Å². The van der Waals surface area contributed by atoms with E-state index in [4.69, 9.17) is 36.7 Å². The van der Waals surface area contributed by atoms with E-state index < -0.39 is 0 Å². The summed E-state index contributed by atoms with van der Waals surface area (Å²) in [4.78, 5) is 1.93. The zero-order valence-electron chi connectivity index (χ0n) is 9.34. The third-order valence-corrected chi connectivity index (χ3v) is 2.73. The SMILES string of the molecule is S=C(S)NCCN(CCNC(=S)S)C(=S)S.[Na]. The first-order chi connectivity index (χ1) is 7.43. The number of thiol groups is 3. The van der Waals surface area contributed by atoms with Crippen LogP contribution in [0.15, 0.2) is 0 Å². The number of thiocarbonyl (C=S) groups is 3. The fourth-order valence-corrected chi connectivity index (χ4v) is 1.71. The molecule has 0 aliphatic heterocycles. The minimum Gasteiger partial charge on any atom is -0.369 e. The van der Waals surface area contributed by atoms with Gasteiger partial charge in [-0.05, 0) is 0 Å². The molecule has 17 heavy (non-hydrogen) atoms. The first-order valence-electron chi connectivity index (χ1n) is 4.35. The van der Waals surface area contributed by atoms with Crippen molar-refractivity contribution in [1.29, 1.82) is 0 Å². The third kappa shape index (κ3) is 13.9. The number of hydrogen-bond donors (Lipinski definition) is 5. The average molecular weight is 355 g/mol. The van der Waals surface area contributed by atoms with E-state index in [0.717, 1.165) is 0 Å². The van der Waals surface area contributed by atoms with E-state index in [0.29, 0.717) is 39.1 Å². The molecule has 0 fully saturated rings. The Labute approximate surface area is 157 Å². The second kappa shape index (κ2) is 12.7. The Morgan fingerprint density at radius 1 is 0.882 bits per heavy atom. The maximum Gasteiger partial charge on any atom is 0.133 e. The van der Waals surface area contributed by atoms with Crippen LogP contribution in [0.25, 0.3) is 0 Å². The molecule has 0 rings (SSSR count). The van der Waals surface area contributed by atoms with E-state index in [-0.39, 0.29) is 29.6 Å². The first-order valence-corrected chi connectivity index (χ1v) is 6.91. The number of hydrogen-bond acceptors (Lipinski definition) is 3. The summed E-state index contributed by atoms with van der Waals surface area (Å²) in [6, 6.07) is 0. The van der Waals surface area contributed by atoms with Crippen LogP contribution in [0, 0.1) is 0 Å². The van der Waals surface area contributed by atoms with Gasteiger partial charge >= 0.3 is 0 Å². The summed E-state index contributed by atoms with van der Waals surface area (Å²) in [7, 11) is 0. The molecule has 10 heteroatoms. The fraction of sp³-hybridized carbons (Fsp3) is 0.571. The largest absolute Gasteiger partial charge is 0.369 e. The maximum atomic E-state index is 5.01. The van der Waals surface area contributed by atoms with Crippen molar-refractivity contribution < 1.29 is 0 Å². The van der Waals surface area contributed by atoms with Gasteiger partial charge in [0.15, 0.2) is 0 Å². The van der Waals surface area contributed by atoms with E-state index in [1.54, 1.807) is 0 Å². The van der Waals surface area contributed by atoms with Crippen molar-refractivity contribution in [1.82, 2.24) is 15.5 Å². The van der Waals surface area contributed by atoms with Gasteiger partial charge in [-0.1, -0.05) is 36.7 Å². The summed E-state index contributed by atoms with van der Waals surface area (Å²) < 4.78 is 1.48. The predicted molar refractivity (Wildman–Crippen MR) is 98.1 cm³/mol. The molecule has 0 aromatic carbocycles. The van der Waals surface area contributed by atoms with Gasteiger partial charge < -0.3 is 15.5 Å². The second-order valence-electron chi connectivity index (χ2n) is 2.73. The predicted octanol–water partition coefficient (Wildman–Crippen LogP) is 0.731. The standard InChI is InChI=1S/C7H13N3S6.Na/c11-5(12)8-1-3-10(7(15)16)4-2-9-6(13)14;/h1-4H2,(H,15,16)(H2,8,11,12)(H2,9,13,14);. The molecule has 0 bridgehead atoms.